The molecule has 2 N–H and O–H groups in total. The van der Waals surface area contributed by atoms with Crippen LogP contribution in [0.1, 0.15) is 35.3 Å². The van der Waals surface area contributed by atoms with Crippen molar-refractivity contribution in [3.63, 3.8) is 0 Å². The van der Waals surface area contributed by atoms with Crippen molar-refractivity contribution in [3.8, 4) is 0 Å². The van der Waals surface area contributed by atoms with Gasteiger partial charge in [-0.1, -0.05) is 12.1 Å². The van der Waals surface area contributed by atoms with Gasteiger partial charge in [0.15, 0.2) is 0 Å². The second-order valence-corrected chi connectivity index (χ2v) is 10.2. The number of rotatable bonds is 7. The van der Waals surface area contributed by atoms with E-state index in [1.807, 2.05) is 13.0 Å². The van der Waals surface area contributed by atoms with Crippen LogP contribution < -0.4 is 10.0 Å². The van der Waals surface area contributed by atoms with E-state index >= 15 is 0 Å². The minimum Gasteiger partial charge on any atom is -0.379 e. The zero-order chi connectivity index (χ0) is 22.6. The number of nitrogens with zero attached hydrogens (tertiary/aromatic N) is 1. The fourth-order valence-corrected chi connectivity index (χ4v) is 4.97. The molecule has 1 amide bonds. The number of carbonyl (C=O) groups excluding carboxylic acids is 1. The molecule has 0 spiro atoms. The SMILES string of the molecule is Cc1ccc(C)c(S(=O)(=O)Nc2ccc(C(=O)NCC(C)(C)N3CCOCC3)cc2)c1. The summed E-state index contributed by atoms with van der Waals surface area (Å²) in [7, 11) is -3.71. The predicted octanol–water partition coefficient (Wildman–Crippen LogP) is 2.94. The maximum Gasteiger partial charge on any atom is 0.262 e. The smallest absolute Gasteiger partial charge is 0.262 e. The highest BCUT2D eigenvalue weighted by Crippen LogP contribution is 2.21. The monoisotopic (exact) mass is 445 g/mol. The van der Waals surface area contributed by atoms with Crippen LogP contribution >= 0.6 is 0 Å². The van der Waals surface area contributed by atoms with Crippen LogP contribution in [0.5, 0.6) is 0 Å². The lowest BCUT2D eigenvalue weighted by Crippen LogP contribution is -2.55. The van der Waals surface area contributed by atoms with Crippen molar-refractivity contribution < 1.29 is 17.9 Å². The minimum absolute atomic E-state index is 0.180. The Morgan fingerprint density at radius 3 is 2.35 bits per heavy atom. The van der Waals surface area contributed by atoms with Crippen molar-refractivity contribution >= 4 is 21.6 Å². The number of hydrogen-bond acceptors (Lipinski definition) is 5. The van der Waals surface area contributed by atoms with Gasteiger partial charge in [-0.15, -0.1) is 0 Å². The Labute approximate surface area is 184 Å². The Balaban J connectivity index is 1.63. The summed E-state index contributed by atoms with van der Waals surface area (Å²) >= 11 is 0. The third kappa shape index (κ3) is 5.84. The Morgan fingerprint density at radius 2 is 1.71 bits per heavy atom. The molecular formula is C23H31N3O4S. The molecule has 1 aliphatic rings. The first-order valence-corrected chi connectivity index (χ1v) is 11.9. The first-order chi connectivity index (χ1) is 14.6. The lowest BCUT2D eigenvalue weighted by molar-refractivity contribution is -0.00923. The lowest BCUT2D eigenvalue weighted by Gasteiger charge is -2.40. The van der Waals surface area contributed by atoms with Gasteiger partial charge in [-0.25, -0.2) is 8.42 Å². The van der Waals surface area contributed by atoms with E-state index in [-0.39, 0.29) is 16.3 Å². The van der Waals surface area contributed by atoms with Gasteiger partial charge in [0.2, 0.25) is 0 Å². The van der Waals surface area contributed by atoms with Crippen LogP contribution in [0.25, 0.3) is 0 Å². The zero-order valence-corrected chi connectivity index (χ0v) is 19.4. The van der Waals surface area contributed by atoms with Crippen LogP contribution in [-0.2, 0) is 14.8 Å². The van der Waals surface area contributed by atoms with Gasteiger partial charge in [-0.05, 0) is 69.2 Å². The zero-order valence-electron chi connectivity index (χ0n) is 18.6. The number of sulfonamides is 1. The van der Waals surface area contributed by atoms with Gasteiger partial charge in [0.05, 0.1) is 18.1 Å². The quantitative estimate of drug-likeness (QED) is 0.684. The van der Waals surface area contributed by atoms with Crippen LogP contribution in [0.2, 0.25) is 0 Å². The highest BCUT2D eigenvalue weighted by molar-refractivity contribution is 7.92. The molecule has 0 saturated carbocycles. The van der Waals surface area contributed by atoms with E-state index in [0.717, 1.165) is 18.7 Å². The van der Waals surface area contributed by atoms with E-state index in [1.54, 1.807) is 43.3 Å². The Hall–Kier alpha value is -2.42. The average Bonchev–Trinajstić information content (AvgIpc) is 2.74. The van der Waals surface area contributed by atoms with E-state index in [1.165, 1.54) is 0 Å². The van der Waals surface area contributed by atoms with Gasteiger partial charge in [0.25, 0.3) is 15.9 Å². The van der Waals surface area contributed by atoms with Crippen molar-refractivity contribution in [1.82, 2.24) is 10.2 Å². The van der Waals surface area contributed by atoms with Gasteiger partial charge in [0, 0.05) is 36.4 Å². The van der Waals surface area contributed by atoms with Gasteiger partial charge < -0.3 is 10.1 Å². The van der Waals surface area contributed by atoms with E-state index < -0.39 is 10.0 Å². The van der Waals surface area contributed by atoms with Crippen molar-refractivity contribution in [2.45, 2.75) is 38.1 Å². The third-order valence-corrected chi connectivity index (χ3v) is 7.10. The van der Waals surface area contributed by atoms with Gasteiger partial charge >= 0.3 is 0 Å². The molecule has 1 heterocycles. The summed E-state index contributed by atoms with van der Waals surface area (Å²) in [5.74, 6) is -0.190. The van der Waals surface area contributed by atoms with Crippen molar-refractivity contribution in [2.75, 3.05) is 37.6 Å². The fourth-order valence-electron chi connectivity index (χ4n) is 3.58. The number of morpholine rings is 1. The number of amides is 1. The maximum atomic E-state index is 12.8. The van der Waals surface area contributed by atoms with Crippen molar-refractivity contribution in [2.24, 2.45) is 0 Å². The second kappa shape index (κ2) is 9.38. The molecule has 0 bridgehead atoms. The largest absolute Gasteiger partial charge is 0.379 e. The number of ether oxygens (including phenoxy) is 1. The standard InChI is InChI=1S/C23H31N3O4S/c1-17-5-6-18(2)21(15-17)31(28,29)25-20-9-7-19(8-10-20)22(27)24-16-23(3,4)26-11-13-30-14-12-26/h5-10,15,25H,11-14,16H2,1-4H3,(H,24,27). The van der Waals surface area contributed by atoms with Gasteiger partial charge in [-0.3, -0.25) is 14.4 Å². The van der Waals surface area contributed by atoms with Gasteiger partial charge in [-0.2, -0.15) is 0 Å². The Kier molecular flexibility index (Phi) is 7.03. The summed E-state index contributed by atoms with van der Waals surface area (Å²) in [6, 6.07) is 11.8. The molecule has 2 aromatic rings. The molecule has 3 rings (SSSR count). The molecule has 2 aromatic carbocycles. The summed E-state index contributed by atoms with van der Waals surface area (Å²) in [5.41, 5.74) is 2.26. The molecule has 0 atom stereocenters. The number of nitrogens with one attached hydrogen (secondary N) is 2. The fraction of sp³-hybridized carbons (Fsp3) is 0.435. The number of benzene rings is 2. The number of hydrogen-bond donors (Lipinski definition) is 2. The van der Waals surface area contributed by atoms with Gasteiger partial charge in [0.1, 0.15) is 0 Å². The number of aryl methyl sites for hydroxylation is 2. The first-order valence-electron chi connectivity index (χ1n) is 10.4. The number of anilines is 1. The summed E-state index contributed by atoms with van der Waals surface area (Å²) in [5, 5.41) is 2.98. The number of carbonyl (C=O) groups is 1. The summed E-state index contributed by atoms with van der Waals surface area (Å²) in [6.45, 7) is 11.4. The molecule has 1 saturated heterocycles. The summed E-state index contributed by atoms with van der Waals surface area (Å²) < 4.78 is 33.5. The van der Waals surface area contributed by atoms with Crippen LogP contribution in [0.15, 0.2) is 47.4 Å². The molecular weight excluding hydrogens is 414 g/mol. The van der Waals surface area contributed by atoms with E-state index in [9.17, 15) is 13.2 Å². The molecule has 1 fully saturated rings. The third-order valence-electron chi connectivity index (χ3n) is 5.58. The Bertz CT molecular complexity index is 1030. The summed E-state index contributed by atoms with van der Waals surface area (Å²) in [6.07, 6.45) is 0. The summed E-state index contributed by atoms with van der Waals surface area (Å²) in [4.78, 5) is 15.1. The van der Waals surface area contributed by atoms with Crippen molar-refractivity contribution in [1.29, 1.82) is 0 Å². The molecule has 8 heteroatoms. The Morgan fingerprint density at radius 1 is 1.06 bits per heavy atom. The first kappa shape index (κ1) is 23.2. The second-order valence-electron chi connectivity index (χ2n) is 8.55. The highest BCUT2D eigenvalue weighted by Gasteiger charge is 2.28. The molecule has 0 aromatic heterocycles. The molecule has 31 heavy (non-hydrogen) atoms. The van der Waals surface area contributed by atoms with Crippen LogP contribution in [0.4, 0.5) is 5.69 Å². The van der Waals surface area contributed by atoms with E-state index in [4.69, 9.17) is 4.74 Å². The predicted molar refractivity (Wildman–Crippen MR) is 122 cm³/mol. The molecule has 1 aliphatic heterocycles. The molecule has 0 unspecified atom stereocenters. The molecule has 168 valence electrons. The highest BCUT2D eigenvalue weighted by atomic mass is 32.2. The average molecular weight is 446 g/mol. The topological polar surface area (TPSA) is 87.7 Å². The van der Waals surface area contributed by atoms with Crippen LogP contribution in [-0.4, -0.2) is 57.6 Å². The maximum absolute atomic E-state index is 12.8. The van der Waals surface area contributed by atoms with Crippen LogP contribution in [0, 0.1) is 13.8 Å². The minimum atomic E-state index is -3.71. The molecule has 0 aliphatic carbocycles. The molecule has 0 radical (unpaired) electrons. The van der Waals surface area contributed by atoms with Crippen LogP contribution in [0.3, 0.4) is 0 Å². The van der Waals surface area contributed by atoms with E-state index in [2.05, 4.69) is 28.8 Å². The normalized spacial score (nSPS) is 15.5. The van der Waals surface area contributed by atoms with E-state index in [0.29, 0.717) is 36.6 Å². The lowest BCUT2D eigenvalue weighted by atomic mass is 10.0. The van der Waals surface area contributed by atoms with Crippen molar-refractivity contribution in [3.05, 3.63) is 59.2 Å². The molecule has 7 nitrogen and oxygen atoms in total.